The molecule has 5 nitrogen and oxygen atoms in total. The van der Waals surface area contributed by atoms with Gasteiger partial charge in [0.15, 0.2) is 5.69 Å². The number of benzene rings is 1. The third-order valence-corrected chi connectivity index (χ3v) is 2.69. The van der Waals surface area contributed by atoms with Gasteiger partial charge in [0.05, 0.1) is 5.69 Å². The van der Waals surface area contributed by atoms with Crippen molar-refractivity contribution in [2.24, 2.45) is 0 Å². The Hall–Kier alpha value is -2.21. The van der Waals surface area contributed by atoms with Gasteiger partial charge >= 0.3 is 5.97 Å². The fourth-order valence-electron chi connectivity index (χ4n) is 1.77. The van der Waals surface area contributed by atoms with Crippen LogP contribution in [-0.4, -0.2) is 32.6 Å². The Bertz CT molecular complexity index is 578. The number of rotatable bonds is 5. The van der Waals surface area contributed by atoms with Gasteiger partial charge < -0.3 is 10.2 Å². The molecule has 0 atom stereocenters. The first kappa shape index (κ1) is 13.2. The lowest BCUT2D eigenvalue weighted by molar-refractivity contribution is 0.0688. The largest absolute Gasteiger partial charge is 0.476 e. The molecule has 1 heterocycles. The van der Waals surface area contributed by atoms with Crippen molar-refractivity contribution >= 4 is 5.97 Å². The molecule has 1 aromatic carbocycles. The zero-order chi connectivity index (χ0) is 13.8. The maximum atomic E-state index is 12.8. The van der Waals surface area contributed by atoms with Crippen LogP contribution >= 0.6 is 0 Å². The van der Waals surface area contributed by atoms with E-state index in [2.05, 4.69) is 5.10 Å². The van der Waals surface area contributed by atoms with Crippen LogP contribution in [-0.2, 0) is 6.42 Å². The van der Waals surface area contributed by atoms with Gasteiger partial charge in [0, 0.05) is 18.4 Å². The number of hydrogen-bond donors (Lipinski definition) is 2. The van der Waals surface area contributed by atoms with Gasteiger partial charge in [-0.15, -0.1) is 0 Å². The molecule has 0 fully saturated rings. The number of aliphatic hydroxyl groups excluding tert-OH is 1. The molecule has 0 aliphatic carbocycles. The number of aromatic nitrogens is 2. The summed E-state index contributed by atoms with van der Waals surface area (Å²) in [5.41, 5.74) is 1.09. The Labute approximate surface area is 108 Å². The zero-order valence-corrected chi connectivity index (χ0v) is 10.1. The summed E-state index contributed by atoms with van der Waals surface area (Å²) in [7, 11) is 0. The molecule has 0 amide bonds. The molecule has 2 aromatic rings. The molecule has 0 saturated heterocycles. The molecule has 0 radical (unpaired) electrons. The molecule has 19 heavy (non-hydrogen) atoms. The number of carboxylic acid groups (broad SMARTS) is 1. The summed E-state index contributed by atoms with van der Waals surface area (Å²) >= 11 is 0. The van der Waals surface area contributed by atoms with Crippen molar-refractivity contribution in [3.05, 3.63) is 47.5 Å². The van der Waals surface area contributed by atoms with E-state index in [1.807, 2.05) is 0 Å². The number of hydrogen-bond acceptors (Lipinski definition) is 3. The third kappa shape index (κ3) is 2.97. The van der Waals surface area contributed by atoms with Gasteiger partial charge in [-0.05, 0) is 37.1 Å². The van der Waals surface area contributed by atoms with Crippen molar-refractivity contribution in [1.29, 1.82) is 0 Å². The second-order valence-corrected chi connectivity index (χ2v) is 4.06. The topological polar surface area (TPSA) is 75.3 Å². The van der Waals surface area contributed by atoms with E-state index < -0.39 is 5.97 Å². The lowest BCUT2D eigenvalue weighted by atomic mass is 10.1. The van der Waals surface area contributed by atoms with E-state index in [9.17, 15) is 9.18 Å². The highest BCUT2D eigenvalue weighted by molar-refractivity contribution is 5.87. The summed E-state index contributed by atoms with van der Waals surface area (Å²) in [6.07, 6.45) is 2.49. The van der Waals surface area contributed by atoms with Gasteiger partial charge in [-0.25, -0.2) is 13.9 Å². The van der Waals surface area contributed by atoms with Crippen molar-refractivity contribution < 1.29 is 19.4 Å². The number of carbonyl (C=O) groups is 1. The van der Waals surface area contributed by atoms with E-state index in [1.165, 1.54) is 28.9 Å². The van der Waals surface area contributed by atoms with Crippen LogP contribution in [0.5, 0.6) is 0 Å². The monoisotopic (exact) mass is 264 g/mol. The van der Waals surface area contributed by atoms with Crippen molar-refractivity contribution in [1.82, 2.24) is 9.78 Å². The quantitative estimate of drug-likeness (QED) is 0.860. The first-order valence-electron chi connectivity index (χ1n) is 5.80. The van der Waals surface area contributed by atoms with E-state index >= 15 is 0 Å². The Morgan fingerprint density at radius 3 is 2.58 bits per heavy atom. The van der Waals surface area contributed by atoms with Gasteiger partial charge in [-0.2, -0.15) is 5.10 Å². The summed E-state index contributed by atoms with van der Waals surface area (Å²) in [5.74, 6) is -1.48. The molecule has 0 unspecified atom stereocenters. The van der Waals surface area contributed by atoms with Gasteiger partial charge in [0.2, 0.25) is 0 Å². The predicted molar refractivity (Wildman–Crippen MR) is 65.9 cm³/mol. The molecular weight excluding hydrogens is 251 g/mol. The number of carboxylic acids is 1. The first-order valence-corrected chi connectivity index (χ1v) is 5.80. The molecule has 0 aliphatic heterocycles. The number of aliphatic hydroxyl groups is 1. The van der Waals surface area contributed by atoms with Crippen LogP contribution in [0.3, 0.4) is 0 Å². The number of nitrogens with zero attached hydrogens (tertiary/aromatic N) is 2. The molecule has 0 bridgehead atoms. The summed E-state index contributed by atoms with van der Waals surface area (Å²) in [6, 6.07) is 5.60. The lowest BCUT2D eigenvalue weighted by Gasteiger charge is -1.99. The highest BCUT2D eigenvalue weighted by Crippen LogP contribution is 2.15. The summed E-state index contributed by atoms with van der Waals surface area (Å²) in [6.45, 7) is -0.0131. The van der Waals surface area contributed by atoms with Crippen LogP contribution in [0.15, 0.2) is 30.5 Å². The molecular formula is C13H13FN2O3. The van der Waals surface area contributed by atoms with Crippen LogP contribution in [0.25, 0.3) is 5.69 Å². The highest BCUT2D eigenvalue weighted by atomic mass is 19.1. The van der Waals surface area contributed by atoms with Gasteiger partial charge in [0.25, 0.3) is 0 Å². The SMILES string of the molecule is O=C(O)c1nn(-c2ccc(F)cc2)cc1CCCO. The van der Waals surface area contributed by atoms with Crippen molar-refractivity contribution in [2.45, 2.75) is 12.8 Å². The molecule has 0 spiro atoms. The Balaban J connectivity index is 2.36. The fourth-order valence-corrected chi connectivity index (χ4v) is 1.77. The lowest BCUT2D eigenvalue weighted by Crippen LogP contribution is -2.03. The van der Waals surface area contributed by atoms with E-state index in [1.54, 1.807) is 6.20 Å². The normalized spacial score (nSPS) is 10.6. The van der Waals surface area contributed by atoms with E-state index in [-0.39, 0.29) is 18.1 Å². The van der Waals surface area contributed by atoms with E-state index in [4.69, 9.17) is 10.2 Å². The first-order chi connectivity index (χ1) is 9.11. The van der Waals surface area contributed by atoms with Gasteiger partial charge in [-0.3, -0.25) is 0 Å². The average molecular weight is 264 g/mol. The molecule has 6 heteroatoms. The standard InChI is InChI=1S/C13H13FN2O3/c14-10-3-5-11(6-4-10)16-8-9(2-1-7-17)12(15-16)13(18)19/h3-6,8,17H,1-2,7H2,(H,18,19). The number of aromatic carboxylic acids is 1. The predicted octanol–water partition coefficient (Wildman–Crippen LogP) is 1.63. The molecule has 100 valence electrons. The van der Waals surface area contributed by atoms with Crippen LogP contribution in [0.1, 0.15) is 22.5 Å². The van der Waals surface area contributed by atoms with Gasteiger partial charge in [-0.1, -0.05) is 0 Å². The molecule has 1 aromatic heterocycles. The Morgan fingerprint density at radius 1 is 1.32 bits per heavy atom. The fraction of sp³-hybridized carbons (Fsp3) is 0.231. The Morgan fingerprint density at radius 2 is 2.00 bits per heavy atom. The van der Waals surface area contributed by atoms with Crippen LogP contribution in [0.4, 0.5) is 4.39 Å². The molecule has 2 N–H and O–H groups in total. The average Bonchev–Trinajstić information content (AvgIpc) is 2.81. The molecule has 0 saturated carbocycles. The van der Waals surface area contributed by atoms with Gasteiger partial charge in [0.1, 0.15) is 5.82 Å². The maximum Gasteiger partial charge on any atom is 0.356 e. The Kier molecular flexibility index (Phi) is 3.91. The maximum absolute atomic E-state index is 12.8. The minimum atomic E-state index is -1.12. The molecule has 0 aliphatic rings. The second kappa shape index (κ2) is 5.62. The summed E-state index contributed by atoms with van der Waals surface area (Å²) in [5, 5.41) is 21.8. The van der Waals surface area contributed by atoms with Crippen LogP contribution < -0.4 is 0 Å². The zero-order valence-electron chi connectivity index (χ0n) is 10.1. The minimum Gasteiger partial charge on any atom is -0.476 e. The second-order valence-electron chi connectivity index (χ2n) is 4.06. The van der Waals surface area contributed by atoms with Crippen molar-refractivity contribution in [3.63, 3.8) is 0 Å². The van der Waals surface area contributed by atoms with Crippen LogP contribution in [0, 0.1) is 5.82 Å². The van der Waals surface area contributed by atoms with E-state index in [0.717, 1.165) is 0 Å². The third-order valence-electron chi connectivity index (χ3n) is 2.69. The summed E-state index contributed by atoms with van der Waals surface area (Å²) < 4.78 is 14.2. The van der Waals surface area contributed by atoms with Crippen LogP contribution in [0.2, 0.25) is 0 Å². The smallest absolute Gasteiger partial charge is 0.356 e. The summed E-state index contributed by atoms with van der Waals surface area (Å²) in [4.78, 5) is 11.1. The minimum absolute atomic E-state index is 0.0131. The number of halogens is 1. The molecule has 2 rings (SSSR count). The van der Waals surface area contributed by atoms with Crippen molar-refractivity contribution in [3.8, 4) is 5.69 Å². The number of aryl methyl sites for hydroxylation is 1. The van der Waals surface area contributed by atoms with Crippen molar-refractivity contribution in [2.75, 3.05) is 6.61 Å². The highest BCUT2D eigenvalue weighted by Gasteiger charge is 2.16. The van der Waals surface area contributed by atoms with E-state index in [0.29, 0.717) is 24.1 Å².